The van der Waals surface area contributed by atoms with Gasteiger partial charge in [0.15, 0.2) is 4.21 Å². The van der Waals surface area contributed by atoms with Gasteiger partial charge in [-0.3, -0.25) is 4.79 Å². The highest BCUT2D eigenvalue weighted by atomic mass is 32.2. The highest BCUT2D eigenvalue weighted by Crippen LogP contribution is 2.32. The summed E-state index contributed by atoms with van der Waals surface area (Å²) in [7, 11) is -3.69. The highest BCUT2D eigenvalue weighted by Gasteiger charge is 2.29. The Morgan fingerprint density at radius 3 is 3.00 bits per heavy atom. The van der Waals surface area contributed by atoms with Gasteiger partial charge >= 0.3 is 4.87 Å². The molecular formula is C12H14N2O4S2. The van der Waals surface area contributed by atoms with Crippen LogP contribution in [-0.4, -0.2) is 13.4 Å². The zero-order valence-electron chi connectivity index (χ0n) is 10.8. The summed E-state index contributed by atoms with van der Waals surface area (Å²) < 4.78 is 32.8. The molecule has 1 aliphatic carbocycles. The second-order valence-corrected chi connectivity index (χ2v) is 7.68. The number of rotatable bonds is 3. The van der Waals surface area contributed by atoms with E-state index < -0.39 is 10.0 Å². The zero-order valence-corrected chi connectivity index (χ0v) is 12.4. The van der Waals surface area contributed by atoms with Crippen molar-refractivity contribution >= 4 is 21.4 Å². The molecule has 2 aromatic heterocycles. The van der Waals surface area contributed by atoms with Crippen LogP contribution in [-0.2, 0) is 16.4 Å². The molecule has 2 aromatic rings. The van der Waals surface area contributed by atoms with Crippen molar-refractivity contribution in [3.05, 3.63) is 39.0 Å². The second kappa shape index (κ2) is 4.87. The lowest BCUT2D eigenvalue weighted by molar-refractivity contribution is 0.438. The molecule has 0 spiro atoms. The molecule has 6 nitrogen and oxygen atoms in total. The van der Waals surface area contributed by atoms with Crippen LogP contribution in [0.4, 0.5) is 0 Å². The van der Waals surface area contributed by atoms with Crippen LogP contribution in [0.3, 0.4) is 0 Å². The number of hydrogen-bond acceptors (Lipinski definition) is 5. The van der Waals surface area contributed by atoms with Crippen LogP contribution in [0, 0.1) is 6.92 Å². The Morgan fingerprint density at radius 1 is 1.50 bits per heavy atom. The predicted molar refractivity (Wildman–Crippen MR) is 74.4 cm³/mol. The van der Waals surface area contributed by atoms with Crippen molar-refractivity contribution in [2.24, 2.45) is 0 Å². The van der Waals surface area contributed by atoms with Crippen LogP contribution in [0.25, 0.3) is 0 Å². The van der Waals surface area contributed by atoms with Gasteiger partial charge in [0, 0.05) is 17.7 Å². The number of aryl methyl sites for hydroxylation is 2. The molecule has 0 saturated carbocycles. The summed E-state index contributed by atoms with van der Waals surface area (Å²) in [6.45, 7) is 1.58. The number of furan rings is 1. The minimum Gasteiger partial charge on any atom is -0.469 e. The summed E-state index contributed by atoms with van der Waals surface area (Å²) in [4.78, 5) is 13.4. The molecule has 1 unspecified atom stereocenters. The largest absolute Gasteiger partial charge is 0.469 e. The molecule has 0 radical (unpaired) electrons. The number of sulfonamides is 1. The Kier molecular flexibility index (Phi) is 3.31. The molecule has 1 aliphatic rings. The van der Waals surface area contributed by atoms with E-state index in [4.69, 9.17) is 4.42 Å². The molecule has 2 heterocycles. The summed E-state index contributed by atoms with van der Waals surface area (Å²) >= 11 is 0.708. The molecule has 0 aliphatic heterocycles. The van der Waals surface area contributed by atoms with E-state index in [9.17, 15) is 13.2 Å². The Hall–Kier alpha value is -1.38. The maximum absolute atomic E-state index is 12.4. The summed E-state index contributed by atoms with van der Waals surface area (Å²) in [5, 5.41) is 0. The van der Waals surface area contributed by atoms with E-state index in [0.29, 0.717) is 17.0 Å². The van der Waals surface area contributed by atoms with Gasteiger partial charge in [0.25, 0.3) is 10.0 Å². The van der Waals surface area contributed by atoms with Gasteiger partial charge in [-0.1, -0.05) is 11.3 Å². The lowest BCUT2D eigenvalue weighted by Gasteiger charge is -2.22. The molecule has 1 atom stereocenters. The molecule has 0 saturated heterocycles. The lowest BCUT2D eigenvalue weighted by atomic mass is 9.94. The first kappa shape index (κ1) is 13.6. The molecule has 0 fully saturated rings. The van der Waals surface area contributed by atoms with E-state index in [0.717, 1.165) is 30.6 Å². The van der Waals surface area contributed by atoms with Crippen molar-refractivity contribution in [1.29, 1.82) is 0 Å². The number of aromatic amines is 1. The fourth-order valence-corrected chi connectivity index (χ4v) is 5.06. The zero-order chi connectivity index (χ0) is 14.3. The van der Waals surface area contributed by atoms with Gasteiger partial charge in [-0.15, -0.1) is 0 Å². The van der Waals surface area contributed by atoms with Crippen molar-refractivity contribution in [2.75, 3.05) is 0 Å². The quantitative estimate of drug-likeness (QED) is 0.902. The van der Waals surface area contributed by atoms with Gasteiger partial charge in [0.05, 0.1) is 12.3 Å². The van der Waals surface area contributed by atoms with Crippen molar-refractivity contribution in [1.82, 2.24) is 9.71 Å². The van der Waals surface area contributed by atoms with Gasteiger partial charge in [-0.25, -0.2) is 13.1 Å². The molecule has 2 N–H and O–H groups in total. The normalized spacial score (nSPS) is 18.9. The van der Waals surface area contributed by atoms with E-state index in [1.807, 2.05) is 0 Å². The molecule has 108 valence electrons. The Labute approximate surface area is 119 Å². The van der Waals surface area contributed by atoms with Crippen molar-refractivity contribution in [3.8, 4) is 0 Å². The summed E-state index contributed by atoms with van der Waals surface area (Å²) in [5.74, 6) is 0.836. The standard InChI is InChI=1S/C12H14N2O4S2/c1-7-11(19-12(15)13-7)20(16,17)14-9-3-2-4-10-8(9)5-6-18-10/h5-6,9,14H,2-4H2,1H3,(H,13,15). The number of nitrogens with one attached hydrogen (secondary N) is 2. The van der Waals surface area contributed by atoms with Crippen LogP contribution < -0.4 is 9.60 Å². The molecule has 3 rings (SSSR count). The van der Waals surface area contributed by atoms with Gasteiger partial charge < -0.3 is 9.40 Å². The van der Waals surface area contributed by atoms with Gasteiger partial charge in [-0.2, -0.15) is 0 Å². The number of fused-ring (bicyclic) bond motifs is 1. The Morgan fingerprint density at radius 2 is 2.30 bits per heavy atom. The Bertz CT molecular complexity index is 784. The van der Waals surface area contributed by atoms with Crippen molar-refractivity contribution in [3.63, 3.8) is 0 Å². The molecular weight excluding hydrogens is 300 g/mol. The molecule has 0 bridgehead atoms. The third kappa shape index (κ3) is 2.34. The van der Waals surface area contributed by atoms with E-state index in [2.05, 4.69) is 9.71 Å². The minimum absolute atomic E-state index is 0.0538. The lowest BCUT2D eigenvalue weighted by Crippen LogP contribution is -2.30. The van der Waals surface area contributed by atoms with E-state index >= 15 is 0 Å². The minimum atomic E-state index is -3.69. The maximum Gasteiger partial charge on any atom is 0.305 e. The number of hydrogen-bond donors (Lipinski definition) is 2. The van der Waals surface area contributed by atoms with Gasteiger partial charge in [-0.05, 0) is 25.8 Å². The van der Waals surface area contributed by atoms with E-state index in [1.54, 1.807) is 19.3 Å². The first-order chi connectivity index (χ1) is 9.47. The van der Waals surface area contributed by atoms with Crippen molar-refractivity contribution in [2.45, 2.75) is 36.4 Å². The smallest absolute Gasteiger partial charge is 0.305 e. The van der Waals surface area contributed by atoms with Crippen LogP contribution in [0.5, 0.6) is 0 Å². The van der Waals surface area contributed by atoms with E-state index in [1.165, 1.54) is 0 Å². The topological polar surface area (TPSA) is 92.2 Å². The summed E-state index contributed by atoms with van der Waals surface area (Å²) in [6, 6.07) is 1.51. The van der Waals surface area contributed by atoms with Crippen LogP contribution >= 0.6 is 11.3 Å². The summed E-state index contributed by atoms with van der Waals surface area (Å²) in [5.41, 5.74) is 1.26. The first-order valence-electron chi connectivity index (χ1n) is 6.25. The molecule has 0 aromatic carbocycles. The van der Waals surface area contributed by atoms with Crippen LogP contribution in [0.2, 0.25) is 0 Å². The second-order valence-electron chi connectivity index (χ2n) is 4.79. The third-order valence-corrected chi connectivity index (χ3v) is 6.45. The molecule has 0 amide bonds. The average Bonchev–Trinajstić information content (AvgIpc) is 2.96. The SMILES string of the molecule is Cc1[nH]c(=O)sc1S(=O)(=O)NC1CCCc2occc21. The van der Waals surface area contributed by atoms with Crippen LogP contribution in [0.15, 0.2) is 25.8 Å². The first-order valence-corrected chi connectivity index (χ1v) is 8.55. The average molecular weight is 314 g/mol. The molecule has 20 heavy (non-hydrogen) atoms. The monoisotopic (exact) mass is 314 g/mol. The van der Waals surface area contributed by atoms with Crippen LogP contribution in [0.1, 0.15) is 35.9 Å². The van der Waals surface area contributed by atoms with Crippen molar-refractivity contribution < 1.29 is 12.8 Å². The predicted octanol–water partition coefficient (Wildman–Crippen LogP) is 1.69. The number of thiazole rings is 1. The third-order valence-electron chi connectivity index (χ3n) is 3.37. The number of H-pyrrole nitrogens is 1. The van der Waals surface area contributed by atoms with Gasteiger partial charge in [0.1, 0.15) is 5.76 Å². The summed E-state index contributed by atoms with van der Waals surface area (Å²) in [6.07, 6.45) is 4.01. The Balaban J connectivity index is 1.92. The van der Waals surface area contributed by atoms with Gasteiger partial charge in [0.2, 0.25) is 0 Å². The number of aromatic nitrogens is 1. The highest BCUT2D eigenvalue weighted by molar-refractivity contribution is 7.91. The van der Waals surface area contributed by atoms with E-state index in [-0.39, 0.29) is 15.1 Å². The fraction of sp³-hybridized carbons (Fsp3) is 0.417. The maximum atomic E-state index is 12.4. The molecule has 8 heteroatoms. The fourth-order valence-electron chi connectivity index (χ4n) is 2.50.